The van der Waals surface area contributed by atoms with E-state index in [4.69, 9.17) is 37.9 Å². The first-order valence-electron chi connectivity index (χ1n) is 39.4. The number of carbonyl (C=O) groups excluding carboxylic acids is 7. The Morgan fingerprint density at radius 1 is 0.368 bits per heavy atom. The number of amides is 1. The molecule has 0 bridgehead atoms. The topological polar surface area (TPSA) is 217 Å². The molecule has 114 heavy (non-hydrogen) atoms. The van der Waals surface area contributed by atoms with Gasteiger partial charge in [-0.1, -0.05) is 97.5 Å². The van der Waals surface area contributed by atoms with E-state index in [0.717, 1.165) is 84.2 Å². The van der Waals surface area contributed by atoms with Gasteiger partial charge in [0.1, 0.15) is 82.7 Å². The quantitative estimate of drug-likeness (QED) is 0.0450. The first-order valence-corrected chi connectivity index (χ1v) is 39.4. The molecule has 0 fully saturated rings. The second-order valence-corrected chi connectivity index (χ2v) is 36.6. The van der Waals surface area contributed by atoms with E-state index >= 15 is 0 Å². The second kappa shape index (κ2) is 45.3. The molecule has 0 aliphatic heterocycles. The van der Waals surface area contributed by atoms with Crippen LogP contribution in [0, 0.1) is 69.2 Å². The van der Waals surface area contributed by atoms with Gasteiger partial charge in [0.05, 0.1) is 6.10 Å². The van der Waals surface area contributed by atoms with Crippen molar-refractivity contribution in [3.8, 4) is 28.7 Å². The molecular weight excluding hydrogens is 1430 g/mol. The Bertz CT molecular complexity index is 4110. The zero-order valence-electron chi connectivity index (χ0n) is 76.6. The Kier molecular flexibility index (Phi) is 41.8. The zero-order valence-corrected chi connectivity index (χ0v) is 76.6. The lowest BCUT2D eigenvalue weighted by molar-refractivity contribution is -0.143. The third-order valence-corrected chi connectivity index (χ3v) is 16.6. The number of ether oxygens (including phenoxy) is 8. The molecule has 0 aromatic heterocycles. The zero-order chi connectivity index (χ0) is 87.6. The van der Waals surface area contributed by atoms with Crippen molar-refractivity contribution in [2.24, 2.45) is 0 Å². The first kappa shape index (κ1) is 105. The number of nitrogens with one attached hydrogen (secondary N) is 2. The van der Waals surface area contributed by atoms with Crippen LogP contribution in [0.5, 0.6) is 28.7 Å². The second-order valence-electron chi connectivity index (χ2n) is 36.6. The minimum Gasteiger partial charge on any atom is -0.490 e. The fraction of sp³-hybridized carbons (Fsp3) is 0.557. The van der Waals surface area contributed by atoms with Crippen LogP contribution >= 0.6 is 0 Å². The van der Waals surface area contributed by atoms with Crippen LogP contribution in [-0.4, -0.2) is 75.8 Å². The van der Waals surface area contributed by atoms with Crippen molar-refractivity contribution < 1.29 is 71.5 Å². The summed E-state index contributed by atoms with van der Waals surface area (Å²) in [7, 11) is 0. The van der Waals surface area contributed by atoms with E-state index in [2.05, 4.69) is 130 Å². The molecule has 0 radical (unpaired) electrons. The molecule has 17 nitrogen and oxygen atoms in total. The maximum Gasteiger partial charge on any atom is 0.413 e. The van der Waals surface area contributed by atoms with Crippen molar-refractivity contribution in [2.45, 2.75) is 360 Å². The van der Waals surface area contributed by atoms with E-state index in [9.17, 15) is 33.6 Å². The van der Waals surface area contributed by atoms with Gasteiger partial charge in [0.15, 0.2) is 0 Å². The predicted octanol–water partition coefficient (Wildman–Crippen LogP) is 23.8. The molecule has 0 saturated heterocycles. The van der Waals surface area contributed by atoms with Crippen molar-refractivity contribution in [1.29, 1.82) is 0 Å². The molecule has 2 N–H and O–H groups in total. The lowest BCUT2D eigenvalue weighted by Crippen LogP contribution is -2.42. The van der Waals surface area contributed by atoms with E-state index in [0.29, 0.717) is 50.9 Å². The summed E-state index contributed by atoms with van der Waals surface area (Å²) in [6.07, 6.45) is 1.10. The molecule has 0 atom stereocenters. The SMILES string of the molecule is C.CC(=O)CC(C)(C)c1c(C)cc(C)cc1OC(=O)NC(C)(C)C.CC(=O)CC(C)(C)c1c(C)cc(C)cc1OC(C)(C)C.CC(=O)CC(C)(C)c1c(C)ccc(C)c1OC(C)C.CC(=O)OCc1cc(C)c(NC(C)C)c(C)c1.CC(=O)OCc1cc(C)c(OC(C)(C)C)c(C)c1.CC(=O)OCc1ccc(OC(C)(C)C)cc1. The lowest BCUT2D eigenvalue weighted by Gasteiger charge is -2.32. The van der Waals surface area contributed by atoms with Gasteiger partial charge in [-0.2, -0.15) is 0 Å². The molecule has 6 rings (SSSR count). The summed E-state index contributed by atoms with van der Waals surface area (Å²) < 4.78 is 44.3. The highest BCUT2D eigenvalue weighted by atomic mass is 16.6. The van der Waals surface area contributed by atoms with Gasteiger partial charge in [-0.15, -0.1) is 0 Å². The number of aryl methyl sites for hydroxylation is 10. The summed E-state index contributed by atoms with van der Waals surface area (Å²) in [5, 5.41) is 6.22. The van der Waals surface area contributed by atoms with Gasteiger partial charge in [0, 0.05) is 90.2 Å². The van der Waals surface area contributed by atoms with E-state index in [1.165, 1.54) is 54.3 Å². The molecule has 6 aromatic carbocycles. The van der Waals surface area contributed by atoms with E-state index in [1.807, 2.05) is 187 Å². The molecule has 0 heterocycles. The number of esters is 3. The van der Waals surface area contributed by atoms with Crippen molar-refractivity contribution in [3.05, 3.63) is 174 Å². The molecule has 17 heteroatoms. The monoisotopic (exact) mass is 1580 g/mol. The molecule has 0 unspecified atom stereocenters. The van der Waals surface area contributed by atoms with Gasteiger partial charge in [-0.25, -0.2) is 4.79 Å². The molecule has 0 aliphatic rings. The highest BCUT2D eigenvalue weighted by Crippen LogP contribution is 2.42. The smallest absolute Gasteiger partial charge is 0.413 e. The maximum atomic E-state index is 12.2. The van der Waals surface area contributed by atoms with Crippen LogP contribution in [-0.2, 0) is 79.0 Å². The van der Waals surface area contributed by atoms with Crippen LogP contribution in [0.4, 0.5) is 10.5 Å². The summed E-state index contributed by atoms with van der Waals surface area (Å²) in [5.41, 5.74) is 16.7. The van der Waals surface area contributed by atoms with Crippen molar-refractivity contribution in [1.82, 2.24) is 5.32 Å². The average molecular weight is 1580 g/mol. The van der Waals surface area contributed by atoms with Crippen molar-refractivity contribution in [3.63, 3.8) is 0 Å². The number of hydrogen-bond acceptors (Lipinski definition) is 16. The Morgan fingerprint density at radius 2 is 0.719 bits per heavy atom. The Balaban J connectivity index is 0.00000135. The summed E-state index contributed by atoms with van der Waals surface area (Å²) in [5.74, 6) is 3.85. The van der Waals surface area contributed by atoms with Gasteiger partial charge in [0.25, 0.3) is 0 Å². The maximum absolute atomic E-state index is 12.2. The van der Waals surface area contributed by atoms with Gasteiger partial charge >= 0.3 is 24.0 Å². The van der Waals surface area contributed by atoms with Gasteiger partial charge in [-0.3, -0.25) is 28.8 Å². The van der Waals surface area contributed by atoms with Crippen LogP contribution < -0.4 is 34.3 Å². The minimum absolute atomic E-state index is 0. The van der Waals surface area contributed by atoms with Crippen molar-refractivity contribution in [2.75, 3.05) is 5.32 Å². The number of rotatable bonds is 23. The number of carbonyl (C=O) groups is 7. The lowest BCUT2D eigenvalue weighted by atomic mass is 9.77. The number of hydrogen-bond donors (Lipinski definition) is 2. The number of Topliss-reactive ketones (excluding diaryl/α,β-unsaturated/α-hetero) is 3. The van der Waals surface area contributed by atoms with Gasteiger partial charge < -0.3 is 48.5 Å². The molecule has 0 spiro atoms. The van der Waals surface area contributed by atoms with Crippen LogP contribution in [0.1, 0.15) is 310 Å². The fourth-order valence-electron chi connectivity index (χ4n) is 13.5. The van der Waals surface area contributed by atoms with E-state index in [1.54, 1.807) is 20.8 Å². The largest absolute Gasteiger partial charge is 0.490 e. The van der Waals surface area contributed by atoms with E-state index < -0.39 is 11.5 Å². The summed E-state index contributed by atoms with van der Waals surface area (Å²) in [4.78, 5) is 79.0. The third kappa shape index (κ3) is 40.8. The molecule has 0 saturated carbocycles. The summed E-state index contributed by atoms with van der Waals surface area (Å²) in [6.45, 7) is 75.2. The van der Waals surface area contributed by atoms with Crippen LogP contribution in [0.2, 0.25) is 0 Å². The Morgan fingerprint density at radius 3 is 1.07 bits per heavy atom. The van der Waals surface area contributed by atoms with Crippen LogP contribution in [0.15, 0.2) is 84.9 Å². The van der Waals surface area contributed by atoms with Crippen LogP contribution in [0.25, 0.3) is 0 Å². The first-order chi connectivity index (χ1) is 51.3. The fourth-order valence-corrected chi connectivity index (χ4v) is 13.5. The third-order valence-electron chi connectivity index (χ3n) is 16.6. The van der Waals surface area contributed by atoms with Crippen molar-refractivity contribution >= 4 is 47.0 Å². The minimum atomic E-state index is -0.484. The Labute approximate surface area is 688 Å². The molecular formula is C97H148N2O15. The predicted molar refractivity (Wildman–Crippen MR) is 469 cm³/mol. The summed E-state index contributed by atoms with van der Waals surface area (Å²) >= 11 is 0. The Hall–Kier alpha value is -8.99. The normalized spacial score (nSPS) is 11.4. The standard InChI is InChI=1S/C19H29NO3.C18H28O2.C17H26O2.C15H22O3.C14H21NO2.C13H18O3.CH4/c1-12-9-13(2)16(19(7,8)11-14(3)21)15(10-12)23-17(22)20-18(4,5)6;1-12-9-13(2)16(18(7,8)11-14(3)19)15(10-12)20-17(4,5)6;1-11(2)19-16-13(4)9-8-12(3)15(16)17(6,7)10-14(5)18;1-10-7-13(9-17-12(3)16)8-11(2)14(10)18-15(4,5)6;1-9(2)15-14-10(3)6-13(7-11(14)4)8-17-12(5)16;1-10(14)15-9-11-5-7-12(8-6-11)16-13(2,3)4;/h9-10H,11H2,1-8H3,(H,20,22);9-10H,11H2,1-8H3;8-9,11H,10H2,1-7H3;7-8H,9H2,1-6H3;6-7,9,15H,8H2,1-5H3;5-8H,9H2,1-4H3;1H4. The number of benzene rings is 6. The highest BCUT2D eigenvalue weighted by molar-refractivity contribution is 5.79. The summed E-state index contributed by atoms with van der Waals surface area (Å²) in [6, 6.07) is 28.4. The average Bonchev–Trinajstić information content (AvgIpc) is 0.795. The molecule has 1 amide bonds. The number of anilines is 1. The molecule has 0 aliphatic carbocycles. The highest BCUT2D eigenvalue weighted by Gasteiger charge is 2.33. The van der Waals surface area contributed by atoms with Gasteiger partial charge in [-0.05, 0) is 310 Å². The van der Waals surface area contributed by atoms with Crippen LogP contribution in [0.3, 0.4) is 0 Å². The molecule has 6 aromatic rings. The number of ketones is 3. The van der Waals surface area contributed by atoms with E-state index in [-0.39, 0.29) is 82.0 Å². The van der Waals surface area contributed by atoms with Gasteiger partial charge in [0.2, 0.25) is 0 Å². The molecule has 636 valence electrons.